The third-order valence-electron chi connectivity index (χ3n) is 2.84. The first-order valence-corrected chi connectivity index (χ1v) is 6.67. The van der Waals surface area contributed by atoms with E-state index in [1.807, 2.05) is 13.8 Å². The minimum Gasteiger partial charge on any atom is -0.324 e. The molecule has 1 heterocycles. The van der Waals surface area contributed by atoms with E-state index in [1.54, 1.807) is 23.5 Å². The van der Waals surface area contributed by atoms with E-state index < -0.39 is 0 Å². The minimum absolute atomic E-state index is 0.0707. The summed E-state index contributed by atoms with van der Waals surface area (Å²) in [5.74, 6) is -0.205. The fraction of sp³-hybridized carbons (Fsp3) is 0.200. The van der Waals surface area contributed by atoms with Gasteiger partial charge in [-0.3, -0.25) is 0 Å². The van der Waals surface area contributed by atoms with Crippen molar-refractivity contribution in [1.82, 2.24) is 0 Å². The molecule has 0 amide bonds. The quantitative estimate of drug-likeness (QED) is 0.875. The smallest absolute Gasteiger partial charge is 0.123 e. The van der Waals surface area contributed by atoms with Crippen molar-refractivity contribution in [1.29, 1.82) is 0 Å². The molecule has 0 aliphatic carbocycles. The molecule has 0 saturated heterocycles. The van der Waals surface area contributed by atoms with Crippen LogP contribution >= 0.6 is 11.3 Å². The molecule has 0 aliphatic heterocycles. The largest absolute Gasteiger partial charge is 0.324 e. The standard InChI is InChI=1S/C15H16FNS/c1-10(11(2)17)9-14-7-8-15(18-14)12-3-5-13(16)6-4-12/h3-9,11H,17H2,1-2H3/b10-9+. The highest BCUT2D eigenvalue weighted by molar-refractivity contribution is 7.16. The molecule has 2 N–H and O–H groups in total. The summed E-state index contributed by atoms with van der Waals surface area (Å²) in [5, 5.41) is 0. The van der Waals surface area contributed by atoms with Crippen LogP contribution in [-0.2, 0) is 0 Å². The summed E-state index contributed by atoms with van der Waals surface area (Å²) in [6.07, 6.45) is 2.10. The van der Waals surface area contributed by atoms with Crippen molar-refractivity contribution in [3.63, 3.8) is 0 Å². The van der Waals surface area contributed by atoms with Gasteiger partial charge in [-0.2, -0.15) is 0 Å². The molecule has 1 nitrogen and oxygen atoms in total. The summed E-state index contributed by atoms with van der Waals surface area (Å²) in [6, 6.07) is 10.8. The third-order valence-corrected chi connectivity index (χ3v) is 3.93. The molecule has 1 atom stereocenters. The number of rotatable bonds is 3. The first-order chi connectivity index (χ1) is 8.56. The fourth-order valence-corrected chi connectivity index (χ4v) is 2.58. The summed E-state index contributed by atoms with van der Waals surface area (Å²) >= 11 is 1.68. The SMILES string of the molecule is C/C(=C\c1ccc(-c2ccc(F)cc2)s1)C(C)N. The van der Waals surface area contributed by atoms with Gasteiger partial charge in [0.25, 0.3) is 0 Å². The fourth-order valence-electron chi connectivity index (χ4n) is 1.56. The van der Waals surface area contributed by atoms with E-state index in [4.69, 9.17) is 5.73 Å². The molecule has 2 rings (SSSR count). The van der Waals surface area contributed by atoms with E-state index in [2.05, 4.69) is 18.2 Å². The lowest BCUT2D eigenvalue weighted by atomic mass is 10.1. The van der Waals surface area contributed by atoms with Gasteiger partial charge < -0.3 is 5.73 Å². The lowest BCUT2D eigenvalue weighted by Crippen LogP contribution is -2.15. The Kier molecular flexibility index (Phi) is 3.94. The zero-order valence-electron chi connectivity index (χ0n) is 10.5. The van der Waals surface area contributed by atoms with Gasteiger partial charge in [-0.1, -0.05) is 17.7 Å². The number of halogens is 1. The second-order valence-electron chi connectivity index (χ2n) is 4.39. The molecule has 94 valence electrons. The molecule has 18 heavy (non-hydrogen) atoms. The minimum atomic E-state index is -0.205. The maximum atomic E-state index is 12.8. The predicted octanol–water partition coefficient (Wildman–Crippen LogP) is 4.30. The summed E-state index contributed by atoms with van der Waals surface area (Å²) in [7, 11) is 0. The lowest BCUT2D eigenvalue weighted by molar-refractivity contribution is 0.628. The van der Waals surface area contributed by atoms with Gasteiger partial charge >= 0.3 is 0 Å². The van der Waals surface area contributed by atoms with E-state index in [0.717, 1.165) is 16.0 Å². The highest BCUT2D eigenvalue weighted by Gasteiger charge is 2.03. The van der Waals surface area contributed by atoms with Crippen LogP contribution in [0.1, 0.15) is 18.7 Å². The Morgan fingerprint density at radius 1 is 1.22 bits per heavy atom. The maximum absolute atomic E-state index is 12.8. The zero-order chi connectivity index (χ0) is 13.1. The molecule has 0 radical (unpaired) electrons. The maximum Gasteiger partial charge on any atom is 0.123 e. The topological polar surface area (TPSA) is 26.0 Å². The Morgan fingerprint density at radius 3 is 2.50 bits per heavy atom. The Morgan fingerprint density at radius 2 is 1.89 bits per heavy atom. The molecule has 0 spiro atoms. The summed E-state index contributed by atoms with van der Waals surface area (Å²) in [4.78, 5) is 2.31. The van der Waals surface area contributed by atoms with Gasteiger partial charge in [0.2, 0.25) is 0 Å². The predicted molar refractivity (Wildman–Crippen MR) is 77.0 cm³/mol. The molecular formula is C15H16FNS. The van der Waals surface area contributed by atoms with Gasteiger partial charge in [0, 0.05) is 15.8 Å². The molecule has 0 saturated carbocycles. The van der Waals surface area contributed by atoms with Crippen LogP contribution < -0.4 is 5.73 Å². The molecule has 0 fully saturated rings. The Hall–Kier alpha value is -1.45. The van der Waals surface area contributed by atoms with Crippen molar-refractivity contribution in [2.45, 2.75) is 19.9 Å². The van der Waals surface area contributed by atoms with Crippen molar-refractivity contribution >= 4 is 17.4 Å². The van der Waals surface area contributed by atoms with Crippen molar-refractivity contribution in [2.24, 2.45) is 5.73 Å². The Bertz CT molecular complexity index is 552. The number of benzene rings is 1. The second kappa shape index (κ2) is 5.46. The summed E-state index contributed by atoms with van der Waals surface area (Å²) in [6.45, 7) is 4.00. The van der Waals surface area contributed by atoms with Crippen LogP contribution in [0.4, 0.5) is 4.39 Å². The normalized spacial score (nSPS) is 13.7. The number of hydrogen-bond acceptors (Lipinski definition) is 2. The highest BCUT2D eigenvalue weighted by Crippen LogP contribution is 2.29. The molecule has 0 aliphatic rings. The van der Waals surface area contributed by atoms with E-state index in [1.165, 1.54) is 17.0 Å². The zero-order valence-corrected chi connectivity index (χ0v) is 11.3. The van der Waals surface area contributed by atoms with Crippen LogP contribution in [0, 0.1) is 5.82 Å². The van der Waals surface area contributed by atoms with Crippen molar-refractivity contribution in [3.05, 3.63) is 52.7 Å². The van der Waals surface area contributed by atoms with Crippen LogP contribution in [0.2, 0.25) is 0 Å². The van der Waals surface area contributed by atoms with Gasteiger partial charge in [-0.15, -0.1) is 11.3 Å². The van der Waals surface area contributed by atoms with Gasteiger partial charge in [-0.25, -0.2) is 4.39 Å². The summed E-state index contributed by atoms with van der Waals surface area (Å²) in [5.41, 5.74) is 8.01. The lowest BCUT2D eigenvalue weighted by Gasteiger charge is -2.03. The van der Waals surface area contributed by atoms with Crippen LogP contribution in [0.25, 0.3) is 16.5 Å². The molecule has 1 aromatic carbocycles. The van der Waals surface area contributed by atoms with Crippen LogP contribution in [0.15, 0.2) is 42.0 Å². The highest BCUT2D eigenvalue weighted by atomic mass is 32.1. The van der Waals surface area contributed by atoms with Gasteiger partial charge in [0.1, 0.15) is 5.82 Å². The molecular weight excluding hydrogens is 245 g/mol. The Balaban J connectivity index is 2.25. The van der Waals surface area contributed by atoms with E-state index in [-0.39, 0.29) is 11.9 Å². The number of thiophene rings is 1. The van der Waals surface area contributed by atoms with Gasteiger partial charge in [0.15, 0.2) is 0 Å². The average Bonchev–Trinajstić information content (AvgIpc) is 2.78. The summed E-state index contributed by atoms with van der Waals surface area (Å²) < 4.78 is 12.8. The molecule has 3 heteroatoms. The van der Waals surface area contributed by atoms with Crippen molar-refractivity contribution < 1.29 is 4.39 Å². The average molecular weight is 261 g/mol. The van der Waals surface area contributed by atoms with E-state index >= 15 is 0 Å². The molecule has 2 aromatic rings. The monoisotopic (exact) mass is 261 g/mol. The number of nitrogens with two attached hydrogens (primary N) is 1. The Labute approximate surface area is 111 Å². The molecule has 1 unspecified atom stereocenters. The molecule has 0 bridgehead atoms. The number of hydrogen-bond donors (Lipinski definition) is 1. The van der Waals surface area contributed by atoms with Gasteiger partial charge in [0.05, 0.1) is 0 Å². The van der Waals surface area contributed by atoms with E-state index in [9.17, 15) is 4.39 Å². The van der Waals surface area contributed by atoms with E-state index in [0.29, 0.717) is 0 Å². The van der Waals surface area contributed by atoms with Crippen LogP contribution in [0.3, 0.4) is 0 Å². The van der Waals surface area contributed by atoms with Gasteiger partial charge in [-0.05, 0) is 49.8 Å². The van der Waals surface area contributed by atoms with Crippen molar-refractivity contribution in [3.8, 4) is 10.4 Å². The van der Waals surface area contributed by atoms with Crippen LogP contribution in [0.5, 0.6) is 0 Å². The first-order valence-electron chi connectivity index (χ1n) is 5.86. The van der Waals surface area contributed by atoms with Crippen LogP contribution in [-0.4, -0.2) is 6.04 Å². The molecule has 1 aromatic heterocycles. The van der Waals surface area contributed by atoms with Crippen molar-refractivity contribution in [2.75, 3.05) is 0 Å². The third kappa shape index (κ3) is 3.06. The first kappa shape index (κ1) is 13.0. The second-order valence-corrected chi connectivity index (χ2v) is 5.50.